The second kappa shape index (κ2) is 5.68. The highest BCUT2D eigenvalue weighted by Gasteiger charge is 2.11. The average molecular weight is 213 g/mol. The van der Waals surface area contributed by atoms with E-state index < -0.39 is 11.9 Å². The van der Waals surface area contributed by atoms with Gasteiger partial charge in [-0.3, -0.25) is 0 Å². The second-order valence-electron chi connectivity index (χ2n) is 3.36. The van der Waals surface area contributed by atoms with Crippen molar-refractivity contribution in [2.45, 2.75) is 19.4 Å². The number of nitrogen functional groups attached to an aromatic ring is 1. The summed E-state index contributed by atoms with van der Waals surface area (Å²) in [5.41, 5.74) is 6.37. The maximum Gasteiger partial charge on any atom is 0.123 e. The fraction of sp³-hybridized carbons (Fsp3) is 0.455. The van der Waals surface area contributed by atoms with Gasteiger partial charge in [0.1, 0.15) is 11.9 Å². The summed E-state index contributed by atoms with van der Waals surface area (Å²) in [5.74, 6) is -0.409. The molecule has 84 valence electrons. The molecule has 4 heteroatoms. The lowest BCUT2D eigenvalue weighted by Crippen LogP contribution is -2.10. The number of rotatable bonds is 5. The second-order valence-corrected chi connectivity index (χ2v) is 3.36. The Morgan fingerprint density at radius 3 is 2.93 bits per heavy atom. The van der Waals surface area contributed by atoms with Crippen LogP contribution in [0.2, 0.25) is 0 Å². The van der Waals surface area contributed by atoms with E-state index in [0.717, 1.165) is 6.42 Å². The molecule has 0 saturated heterocycles. The third-order valence-corrected chi connectivity index (χ3v) is 2.03. The van der Waals surface area contributed by atoms with Gasteiger partial charge >= 0.3 is 0 Å². The Morgan fingerprint density at radius 1 is 1.53 bits per heavy atom. The molecule has 3 N–H and O–H groups in total. The highest BCUT2D eigenvalue weighted by molar-refractivity contribution is 5.47. The van der Waals surface area contributed by atoms with Crippen molar-refractivity contribution in [3.05, 3.63) is 29.6 Å². The summed E-state index contributed by atoms with van der Waals surface area (Å²) >= 11 is 0. The molecule has 0 fully saturated rings. The van der Waals surface area contributed by atoms with Crippen LogP contribution in [0.4, 0.5) is 10.1 Å². The molecule has 0 radical (unpaired) electrons. The number of aliphatic hydroxyl groups excluding tert-OH is 1. The van der Waals surface area contributed by atoms with E-state index in [1.54, 1.807) is 0 Å². The first-order chi connectivity index (χ1) is 7.15. The van der Waals surface area contributed by atoms with Crippen LogP contribution in [0.5, 0.6) is 0 Å². The minimum absolute atomic E-state index is 0.140. The summed E-state index contributed by atoms with van der Waals surface area (Å²) in [7, 11) is 0. The molecule has 0 aromatic heterocycles. The van der Waals surface area contributed by atoms with E-state index in [4.69, 9.17) is 10.5 Å². The van der Waals surface area contributed by atoms with Crippen LogP contribution in [-0.4, -0.2) is 18.3 Å². The van der Waals surface area contributed by atoms with Crippen molar-refractivity contribution in [1.82, 2.24) is 0 Å². The van der Waals surface area contributed by atoms with Crippen LogP contribution in [0.25, 0.3) is 0 Å². The van der Waals surface area contributed by atoms with Gasteiger partial charge in [-0.1, -0.05) is 6.92 Å². The Balaban J connectivity index is 2.64. The van der Waals surface area contributed by atoms with E-state index in [9.17, 15) is 9.50 Å². The molecular formula is C11H16FNO2. The number of hydrogen-bond acceptors (Lipinski definition) is 3. The predicted octanol–water partition coefficient (Wildman–Crippen LogP) is 1.87. The van der Waals surface area contributed by atoms with Crippen molar-refractivity contribution >= 4 is 5.69 Å². The maximum absolute atomic E-state index is 12.9. The zero-order valence-corrected chi connectivity index (χ0v) is 8.74. The van der Waals surface area contributed by atoms with E-state index >= 15 is 0 Å². The van der Waals surface area contributed by atoms with Gasteiger partial charge in [-0.25, -0.2) is 4.39 Å². The Morgan fingerprint density at radius 2 is 2.27 bits per heavy atom. The number of halogens is 1. The molecule has 0 aliphatic heterocycles. The fourth-order valence-corrected chi connectivity index (χ4v) is 1.26. The smallest absolute Gasteiger partial charge is 0.123 e. The van der Waals surface area contributed by atoms with Gasteiger partial charge in [0.2, 0.25) is 0 Å². The Hall–Kier alpha value is -1.13. The normalized spacial score (nSPS) is 12.7. The molecule has 0 aliphatic carbocycles. The first-order valence-electron chi connectivity index (χ1n) is 4.96. The molecule has 0 spiro atoms. The minimum Gasteiger partial charge on any atom is -0.398 e. The number of hydrogen-bond donors (Lipinski definition) is 2. The van der Waals surface area contributed by atoms with Crippen LogP contribution >= 0.6 is 0 Å². The number of nitrogens with two attached hydrogens (primary N) is 1. The largest absolute Gasteiger partial charge is 0.398 e. The molecule has 0 heterocycles. The van der Waals surface area contributed by atoms with Crippen LogP contribution in [0.1, 0.15) is 25.0 Å². The third-order valence-electron chi connectivity index (χ3n) is 2.03. The fourth-order valence-electron chi connectivity index (χ4n) is 1.26. The molecular weight excluding hydrogens is 197 g/mol. The molecule has 1 rings (SSSR count). The van der Waals surface area contributed by atoms with E-state index in [1.807, 2.05) is 6.92 Å². The molecule has 1 unspecified atom stereocenters. The first-order valence-corrected chi connectivity index (χ1v) is 4.96. The lowest BCUT2D eigenvalue weighted by Gasteiger charge is -2.13. The summed E-state index contributed by atoms with van der Waals surface area (Å²) in [6.07, 6.45) is 0.0120. The van der Waals surface area contributed by atoms with Crippen LogP contribution in [-0.2, 0) is 4.74 Å². The van der Waals surface area contributed by atoms with E-state index in [0.29, 0.717) is 17.9 Å². The van der Waals surface area contributed by atoms with Gasteiger partial charge in [0.15, 0.2) is 0 Å². The van der Waals surface area contributed by atoms with Crippen LogP contribution in [0.15, 0.2) is 18.2 Å². The average Bonchev–Trinajstić information content (AvgIpc) is 2.22. The molecule has 15 heavy (non-hydrogen) atoms. The molecule has 1 atom stereocenters. The van der Waals surface area contributed by atoms with E-state index in [1.165, 1.54) is 18.2 Å². The quantitative estimate of drug-likeness (QED) is 0.580. The number of anilines is 1. The molecule has 0 saturated carbocycles. The molecule has 0 amide bonds. The van der Waals surface area contributed by atoms with Gasteiger partial charge in [-0.2, -0.15) is 0 Å². The third kappa shape index (κ3) is 3.49. The summed E-state index contributed by atoms with van der Waals surface area (Å²) in [6.45, 7) is 2.69. The number of benzene rings is 1. The van der Waals surface area contributed by atoms with Gasteiger partial charge in [0, 0.05) is 17.9 Å². The van der Waals surface area contributed by atoms with Crippen molar-refractivity contribution in [3.8, 4) is 0 Å². The Labute approximate surface area is 88.7 Å². The molecule has 3 nitrogen and oxygen atoms in total. The van der Waals surface area contributed by atoms with Crippen molar-refractivity contribution in [1.29, 1.82) is 0 Å². The SMILES string of the molecule is CCCOCC(O)c1cc(F)ccc1N. The highest BCUT2D eigenvalue weighted by atomic mass is 19.1. The van der Waals surface area contributed by atoms with Crippen LogP contribution in [0.3, 0.4) is 0 Å². The molecule has 0 aliphatic rings. The van der Waals surface area contributed by atoms with E-state index in [2.05, 4.69) is 0 Å². The Bertz CT molecular complexity index is 317. The lowest BCUT2D eigenvalue weighted by atomic mass is 10.1. The maximum atomic E-state index is 12.9. The predicted molar refractivity (Wildman–Crippen MR) is 56.9 cm³/mol. The van der Waals surface area contributed by atoms with Crippen molar-refractivity contribution in [2.75, 3.05) is 18.9 Å². The van der Waals surface area contributed by atoms with Gasteiger partial charge in [-0.15, -0.1) is 0 Å². The standard InChI is InChI=1S/C11H16FNO2/c1-2-5-15-7-11(14)9-6-8(12)3-4-10(9)13/h3-4,6,11,14H,2,5,7,13H2,1H3. The summed E-state index contributed by atoms with van der Waals surface area (Å²) < 4.78 is 18.1. The van der Waals surface area contributed by atoms with Gasteiger partial charge < -0.3 is 15.6 Å². The van der Waals surface area contributed by atoms with Crippen molar-refractivity contribution in [2.24, 2.45) is 0 Å². The zero-order chi connectivity index (χ0) is 11.3. The van der Waals surface area contributed by atoms with E-state index in [-0.39, 0.29) is 6.61 Å². The van der Waals surface area contributed by atoms with Gasteiger partial charge in [0.25, 0.3) is 0 Å². The van der Waals surface area contributed by atoms with Crippen molar-refractivity contribution < 1.29 is 14.2 Å². The molecule has 1 aromatic rings. The van der Waals surface area contributed by atoms with Gasteiger partial charge in [-0.05, 0) is 24.6 Å². The number of aliphatic hydroxyl groups is 1. The van der Waals surface area contributed by atoms with Crippen LogP contribution in [0, 0.1) is 5.82 Å². The summed E-state index contributed by atoms with van der Waals surface area (Å²) in [5, 5.41) is 9.68. The summed E-state index contributed by atoms with van der Waals surface area (Å²) in [6, 6.07) is 3.93. The Kier molecular flexibility index (Phi) is 4.52. The number of ether oxygens (including phenoxy) is 1. The minimum atomic E-state index is -0.868. The lowest BCUT2D eigenvalue weighted by molar-refractivity contribution is 0.0366. The topological polar surface area (TPSA) is 55.5 Å². The summed E-state index contributed by atoms with van der Waals surface area (Å²) in [4.78, 5) is 0. The zero-order valence-electron chi connectivity index (χ0n) is 8.74. The molecule has 1 aromatic carbocycles. The first kappa shape index (κ1) is 11.9. The van der Waals surface area contributed by atoms with Crippen molar-refractivity contribution in [3.63, 3.8) is 0 Å². The van der Waals surface area contributed by atoms with Gasteiger partial charge in [0.05, 0.1) is 6.61 Å². The van der Waals surface area contributed by atoms with Crippen LogP contribution < -0.4 is 5.73 Å². The molecule has 0 bridgehead atoms. The highest BCUT2D eigenvalue weighted by Crippen LogP contribution is 2.21. The monoisotopic (exact) mass is 213 g/mol.